The number of carbonyl (C=O) groups excluding carboxylic acids is 1. The number of ether oxygens (including phenoxy) is 1. The SMILES string of the molecule is CCc1c(C)sc2[nH]c(=S)n(NC(=O)COc3ccc(C)cc3C)c(=O)c12. The maximum absolute atomic E-state index is 12.9. The van der Waals surface area contributed by atoms with Gasteiger partial charge in [0.05, 0.1) is 5.39 Å². The van der Waals surface area contributed by atoms with E-state index >= 15 is 0 Å². The minimum atomic E-state index is -0.457. The summed E-state index contributed by atoms with van der Waals surface area (Å²) < 4.78 is 6.80. The fourth-order valence-electron chi connectivity index (χ4n) is 3.04. The van der Waals surface area contributed by atoms with Gasteiger partial charge in [0.15, 0.2) is 6.61 Å². The molecule has 2 N–H and O–H groups in total. The largest absolute Gasteiger partial charge is 0.483 e. The Morgan fingerprint density at radius 2 is 2.07 bits per heavy atom. The second kappa shape index (κ2) is 7.66. The molecule has 142 valence electrons. The third kappa shape index (κ3) is 3.81. The van der Waals surface area contributed by atoms with E-state index in [1.807, 2.05) is 45.9 Å². The Hall–Kier alpha value is -2.45. The van der Waals surface area contributed by atoms with Crippen LogP contribution in [-0.4, -0.2) is 22.2 Å². The van der Waals surface area contributed by atoms with Gasteiger partial charge in [-0.2, -0.15) is 4.68 Å². The fourth-order valence-corrected chi connectivity index (χ4v) is 4.47. The summed E-state index contributed by atoms with van der Waals surface area (Å²) in [6, 6.07) is 5.72. The van der Waals surface area contributed by atoms with Gasteiger partial charge in [0, 0.05) is 4.88 Å². The number of hydrogen-bond donors (Lipinski definition) is 2. The first-order valence-electron chi connectivity index (χ1n) is 8.59. The van der Waals surface area contributed by atoms with E-state index in [-0.39, 0.29) is 16.9 Å². The van der Waals surface area contributed by atoms with Gasteiger partial charge in [-0.05, 0) is 56.6 Å². The van der Waals surface area contributed by atoms with Crippen molar-refractivity contribution in [2.75, 3.05) is 12.0 Å². The van der Waals surface area contributed by atoms with Crippen molar-refractivity contribution in [2.45, 2.75) is 34.1 Å². The fraction of sp³-hybridized carbons (Fsp3) is 0.316. The summed E-state index contributed by atoms with van der Waals surface area (Å²) in [5.41, 5.74) is 5.25. The first kappa shape index (κ1) is 19.3. The molecular formula is C19H21N3O3S2. The van der Waals surface area contributed by atoms with Crippen LogP contribution in [0.4, 0.5) is 0 Å². The van der Waals surface area contributed by atoms with E-state index in [1.165, 1.54) is 11.3 Å². The second-order valence-corrected chi connectivity index (χ2v) is 7.97. The van der Waals surface area contributed by atoms with Crippen molar-refractivity contribution >= 4 is 39.7 Å². The molecule has 1 amide bonds. The Kier molecular flexibility index (Phi) is 5.48. The van der Waals surface area contributed by atoms with Crippen LogP contribution in [0.25, 0.3) is 10.2 Å². The number of nitrogens with one attached hydrogen (secondary N) is 2. The minimum Gasteiger partial charge on any atom is -0.483 e. The average molecular weight is 404 g/mol. The lowest BCUT2D eigenvalue weighted by atomic mass is 10.1. The van der Waals surface area contributed by atoms with Gasteiger partial charge in [-0.3, -0.25) is 15.0 Å². The number of aromatic amines is 1. The minimum absolute atomic E-state index is 0.149. The molecule has 0 saturated carbocycles. The molecule has 0 bridgehead atoms. The van der Waals surface area contributed by atoms with Gasteiger partial charge in [-0.25, -0.2) is 0 Å². The van der Waals surface area contributed by atoms with Gasteiger partial charge >= 0.3 is 0 Å². The van der Waals surface area contributed by atoms with Gasteiger partial charge in [0.2, 0.25) is 4.77 Å². The predicted molar refractivity (Wildman–Crippen MR) is 111 cm³/mol. The molecule has 0 atom stereocenters. The number of aryl methyl sites for hydroxylation is 4. The molecular weight excluding hydrogens is 382 g/mol. The lowest BCUT2D eigenvalue weighted by molar-refractivity contribution is -0.119. The smallest absolute Gasteiger partial charge is 0.282 e. The number of thiophene rings is 1. The van der Waals surface area contributed by atoms with Crippen molar-refractivity contribution in [1.82, 2.24) is 9.66 Å². The number of aromatic nitrogens is 2. The number of amides is 1. The van der Waals surface area contributed by atoms with Crippen LogP contribution in [0.3, 0.4) is 0 Å². The van der Waals surface area contributed by atoms with E-state index in [1.54, 1.807) is 0 Å². The van der Waals surface area contributed by atoms with Crippen molar-refractivity contribution in [3.05, 3.63) is 54.9 Å². The average Bonchev–Trinajstić information content (AvgIpc) is 2.92. The van der Waals surface area contributed by atoms with Gasteiger partial charge in [0.25, 0.3) is 11.5 Å². The van der Waals surface area contributed by atoms with Crippen LogP contribution in [0.2, 0.25) is 0 Å². The standard InChI is InChI=1S/C19H21N3O3S2/c1-5-13-12(4)27-17-16(13)18(24)22(19(26)20-17)21-15(23)9-25-14-7-6-10(2)8-11(14)3/h6-8H,5,9H2,1-4H3,(H,20,26)(H,21,23). The van der Waals surface area contributed by atoms with Crippen LogP contribution in [-0.2, 0) is 11.2 Å². The molecule has 0 unspecified atom stereocenters. The Morgan fingerprint density at radius 1 is 1.33 bits per heavy atom. The summed E-state index contributed by atoms with van der Waals surface area (Å²) in [7, 11) is 0. The van der Waals surface area contributed by atoms with E-state index < -0.39 is 5.91 Å². The lowest BCUT2D eigenvalue weighted by Gasteiger charge is -2.11. The van der Waals surface area contributed by atoms with Crippen LogP contribution in [0.15, 0.2) is 23.0 Å². The normalized spacial score (nSPS) is 11.0. The molecule has 6 nitrogen and oxygen atoms in total. The summed E-state index contributed by atoms with van der Waals surface area (Å²) in [6.45, 7) is 7.66. The highest BCUT2D eigenvalue weighted by Crippen LogP contribution is 2.27. The van der Waals surface area contributed by atoms with Gasteiger partial charge in [0.1, 0.15) is 10.6 Å². The number of rotatable bonds is 5. The van der Waals surface area contributed by atoms with Crippen LogP contribution >= 0.6 is 23.6 Å². The summed E-state index contributed by atoms with van der Waals surface area (Å²) >= 11 is 6.74. The van der Waals surface area contributed by atoms with E-state index in [2.05, 4.69) is 10.4 Å². The Balaban J connectivity index is 1.84. The summed E-state index contributed by atoms with van der Waals surface area (Å²) in [5, 5.41) is 0.573. The second-order valence-electron chi connectivity index (χ2n) is 6.36. The molecule has 2 heterocycles. The molecule has 2 aromatic heterocycles. The topological polar surface area (TPSA) is 76.1 Å². The third-order valence-corrected chi connectivity index (χ3v) is 5.68. The number of carbonyl (C=O) groups is 1. The molecule has 8 heteroatoms. The Bertz CT molecular complexity index is 1140. The molecule has 0 fully saturated rings. The third-order valence-electron chi connectivity index (χ3n) is 4.33. The lowest BCUT2D eigenvalue weighted by Crippen LogP contribution is -2.36. The maximum atomic E-state index is 12.9. The molecule has 0 aliphatic rings. The van der Waals surface area contributed by atoms with Gasteiger partial charge in [-0.1, -0.05) is 24.6 Å². The molecule has 3 rings (SSSR count). The summed E-state index contributed by atoms with van der Waals surface area (Å²) in [4.78, 5) is 30.0. The molecule has 3 aromatic rings. The number of fused-ring (bicyclic) bond motifs is 1. The molecule has 0 radical (unpaired) electrons. The highest BCUT2D eigenvalue weighted by Gasteiger charge is 2.16. The van der Waals surface area contributed by atoms with E-state index in [4.69, 9.17) is 17.0 Å². The van der Waals surface area contributed by atoms with Crippen LogP contribution in [0.1, 0.15) is 28.5 Å². The van der Waals surface area contributed by atoms with Gasteiger partial charge in [-0.15, -0.1) is 11.3 Å². The zero-order chi connectivity index (χ0) is 19.7. The molecule has 0 aliphatic carbocycles. The van der Waals surface area contributed by atoms with Crippen molar-refractivity contribution in [2.24, 2.45) is 0 Å². The number of H-pyrrole nitrogens is 1. The molecule has 0 saturated heterocycles. The Labute approximate surface area is 165 Å². The van der Waals surface area contributed by atoms with Crippen molar-refractivity contribution in [3.63, 3.8) is 0 Å². The number of hydrogen-bond acceptors (Lipinski definition) is 5. The monoisotopic (exact) mass is 403 g/mol. The highest BCUT2D eigenvalue weighted by atomic mass is 32.1. The predicted octanol–water partition coefficient (Wildman–Crippen LogP) is 3.76. The van der Waals surface area contributed by atoms with E-state index in [0.717, 1.165) is 37.5 Å². The van der Waals surface area contributed by atoms with Crippen LogP contribution in [0, 0.1) is 25.5 Å². The van der Waals surface area contributed by atoms with Crippen LogP contribution in [0.5, 0.6) is 5.75 Å². The quantitative estimate of drug-likeness (QED) is 0.636. The summed E-state index contributed by atoms with van der Waals surface area (Å²) in [6.07, 6.45) is 0.732. The number of nitrogens with zero attached hydrogens (tertiary/aromatic N) is 1. The highest BCUT2D eigenvalue weighted by molar-refractivity contribution is 7.71. The van der Waals surface area contributed by atoms with Gasteiger partial charge < -0.3 is 9.72 Å². The molecule has 0 aliphatic heterocycles. The molecule has 0 spiro atoms. The zero-order valence-corrected chi connectivity index (χ0v) is 17.3. The van der Waals surface area contributed by atoms with Crippen LogP contribution < -0.4 is 15.7 Å². The van der Waals surface area contributed by atoms with Crippen molar-refractivity contribution < 1.29 is 9.53 Å². The first-order chi connectivity index (χ1) is 12.8. The maximum Gasteiger partial charge on any atom is 0.282 e. The Morgan fingerprint density at radius 3 is 2.74 bits per heavy atom. The number of benzene rings is 1. The van der Waals surface area contributed by atoms with E-state index in [0.29, 0.717) is 11.1 Å². The van der Waals surface area contributed by atoms with Crippen molar-refractivity contribution in [1.29, 1.82) is 0 Å². The molecule has 27 heavy (non-hydrogen) atoms. The molecule has 1 aromatic carbocycles. The first-order valence-corrected chi connectivity index (χ1v) is 9.81. The summed E-state index contributed by atoms with van der Waals surface area (Å²) in [5.74, 6) is 0.173. The van der Waals surface area contributed by atoms with E-state index in [9.17, 15) is 9.59 Å². The van der Waals surface area contributed by atoms with Crippen molar-refractivity contribution in [3.8, 4) is 5.75 Å². The zero-order valence-electron chi connectivity index (χ0n) is 15.6.